The average molecular weight is 591 g/mol. The number of fused-ring (bicyclic) bond motifs is 2. The molecule has 2 N–H and O–H groups in total. The number of hydrogen-bond donors (Lipinski definition) is 2. The summed E-state index contributed by atoms with van der Waals surface area (Å²) in [6, 6.07) is 10.2. The van der Waals surface area contributed by atoms with Crippen LogP contribution in [0.5, 0.6) is 17.5 Å². The van der Waals surface area contributed by atoms with Crippen LogP contribution in [0.1, 0.15) is 12.0 Å². The molecule has 13 heteroatoms. The number of carbonyl (C=O) groups is 1. The van der Waals surface area contributed by atoms with Crippen LogP contribution in [0.15, 0.2) is 48.8 Å². The van der Waals surface area contributed by atoms with E-state index in [2.05, 4.69) is 25.6 Å². The molecule has 42 heavy (non-hydrogen) atoms. The number of carbonyl (C=O) groups excluding carboxylic acids is 1. The quantitative estimate of drug-likeness (QED) is 0.263. The zero-order chi connectivity index (χ0) is 29.2. The molecular formula is C29H27FN6O5S. The normalized spacial score (nSPS) is 16.8. The highest BCUT2D eigenvalue weighted by molar-refractivity contribution is 7.21. The summed E-state index contributed by atoms with van der Waals surface area (Å²) < 4.78 is 38.0. The van der Waals surface area contributed by atoms with Crippen LogP contribution in [0.25, 0.3) is 31.8 Å². The summed E-state index contributed by atoms with van der Waals surface area (Å²) in [6.45, 7) is 2.97. The molecule has 1 aliphatic rings. The van der Waals surface area contributed by atoms with Gasteiger partial charge < -0.3 is 24.3 Å². The third kappa shape index (κ3) is 5.74. The maximum absolute atomic E-state index is 15.3. The summed E-state index contributed by atoms with van der Waals surface area (Å²) in [5.41, 5.74) is 4.09. The Labute approximate surface area is 244 Å². The monoisotopic (exact) mass is 590 g/mol. The van der Waals surface area contributed by atoms with E-state index < -0.39 is 24.1 Å². The number of hydrogen-bond acceptors (Lipinski definition) is 11. The van der Waals surface area contributed by atoms with E-state index in [0.717, 1.165) is 15.8 Å². The van der Waals surface area contributed by atoms with Crippen molar-refractivity contribution in [2.24, 2.45) is 0 Å². The number of ether oxygens (including phenoxy) is 4. The lowest BCUT2D eigenvalue weighted by atomic mass is 10.1. The minimum atomic E-state index is -0.656. The van der Waals surface area contributed by atoms with Crippen LogP contribution >= 0.6 is 11.3 Å². The van der Waals surface area contributed by atoms with Gasteiger partial charge in [0.1, 0.15) is 17.2 Å². The van der Waals surface area contributed by atoms with E-state index in [9.17, 15) is 4.79 Å². The third-order valence-corrected chi connectivity index (χ3v) is 7.80. The van der Waals surface area contributed by atoms with Crippen molar-refractivity contribution in [3.63, 3.8) is 0 Å². The van der Waals surface area contributed by atoms with Gasteiger partial charge in [0.25, 0.3) is 0 Å². The molecule has 1 saturated heterocycles. The Morgan fingerprint density at radius 1 is 1.02 bits per heavy atom. The number of benzene rings is 2. The molecule has 0 saturated carbocycles. The van der Waals surface area contributed by atoms with Crippen LogP contribution in [0.4, 0.5) is 14.9 Å². The highest BCUT2D eigenvalue weighted by Crippen LogP contribution is 2.37. The van der Waals surface area contributed by atoms with Gasteiger partial charge in [-0.05, 0) is 37.2 Å². The Morgan fingerprint density at radius 2 is 1.88 bits per heavy atom. The van der Waals surface area contributed by atoms with Crippen LogP contribution in [0, 0.1) is 12.7 Å². The number of pyridine rings is 1. The molecular weight excluding hydrogens is 563 g/mol. The van der Waals surface area contributed by atoms with Gasteiger partial charge in [0.05, 0.1) is 53.6 Å². The molecule has 0 bridgehead atoms. The molecule has 1 fully saturated rings. The van der Waals surface area contributed by atoms with E-state index in [4.69, 9.17) is 23.9 Å². The highest BCUT2D eigenvalue weighted by Gasteiger charge is 2.31. The molecule has 0 radical (unpaired) electrons. The summed E-state index contributed by atoms with van der Waals surface area (Å²) in [4.78, 5) is 30.4. The largest absolute Gasteiger partial charge is 0.482 e. The van der Waals surface area contributed by atoms with Crippen molar-refractivity contribution in [2.75, 3.05) is 32.6 Å². The average Bonchev–Trinajstić information content (AvgIpc) is 3.40. The maximum atomic E-state index is 15.3. The molecule has 0 unspecified atom stereocenters. The predicted octanol–water partition coefficient (Wildman–Crippen LogP) is 5.12. The third-order valence-electron chi connectivity index (χ3n) is 6.74. The van der Waals surface area contributed by atoms with E-state index in [0.29, 0.717) is 58.5 Å². The molecule has 216 valence electrons. The van der Waals surface area contributed by atoms with Crippen LogP contribution in [0.2, 0.25) is 0 Å². The van der Waals surface area contributed by atoms with Crippen LogP contribution in [-0.2, 0) is 4.74 Å². The molecule has 1 aliphatic heterocycles. The Hall–Kier alpha value is -4.62. The molecule has 5 aromatic rings. The summed E-state index contributed by atoms with van der Waals surface area (Å²) in [5, 5.41) is 6.55. The van der Waals surface area contributed by atoms with Gasteiger partial charge in [0, 0.05) is 36.7 Å². The first-order valence-corrected chi connectivity index (χ1v) is 14.0. The fourth-order valence-corrected chi connectivity index (χ4v) is 5.72. The predicted molar refractivity (Wildman–Crippen MR) is 156 cm³/mol. The first kappa shape index (κ1) is 27.5. The lowest BCUT2D eigenvalue weighted by Gasteiger charge is -2.32. The molecule has 2 atom stereocenters. The van der Waals surface area contributed by atoms with Crippen LogP contribution < -0.4 is 24.8 Å². The van der Waals surface area contributed by atoms with E-state index in [1.165, 1.54) is 30.7 Å². The Morgan fingerprint density at radius 3 is 2.67 bits per heavy atom. The number of rotatable bonds is 7. The first-order valence-electron chi connectivity index (χ1n) is 13.2. The number of piperidine rings is 1. The van der Waals surface area contributed by atoms with Gasteiger partial charge in [-0.25, -0.2) is 29.1 Å². The number of nitrogens with one attached hydrogen (secondary N) is 2. The van der Waals surface area contributed by atoms with E-state index >= 15 is 4.39 Å². The SMILES string of the molecule is COc1ccc(NC(=O)O[C@H]2CCNC[C@H]2Oc2cc3sc(-c4cc(C)cc5nc(OC)cnc45)nc3cc2F)cn1. The summed E-state index contributed by atoms with van der Waals surface area (Å²) in [5.74, 6) is 0.339. The zero-order valence-corrected chi connectivity index (χ0v) is 23.8. The fraction of sp³-hybridized carbons (Fsp3) is 0.276. The summed E-state index contributed by atoms with van der Waals surface area (Å²) in [7, 11) is 3.05. The highest BCUT2D eigenvalue weighted by atomic mass is 32.1. The topological polar surface area (TPSA) is 130 Å². The van der Waals surface area contributed by atoms with E-state index in [1.807, 2.05) is 19.1 Å². The molecule has 2 aromatic carbocycles. The smallest absolute Gasteiger partial charge is 0.412 e. The lowest BCUT2D eigenvalue weighted by Crippen LogP contribution is -2.49. The van der Waals surface area contributed by atoms with E-state index in [1.54, 1.807) is 31.5 Å². The van der Waals surface area contributed by atoms with Crippen molar-refractivity contribution >= 4 is 44.4 Å². The van der Waals surface area contributed by atoms with Crippen molar-refractivity contribution in [2.45, 2.75) is 25.6 Å². The molecule has 6 rings (SSSR count). The first-order chi connectivity index (χ1) is 20.4. The van der Waals surface area contributed by atoms with Crippen molar-refractivity contribution in [3.05, 3.63) is 60.2 Å². The summed E-state index contributed by atoms with van der Waals surface area (Å²) >= 11 is 1.40. The number of halogens is 1. The minimum Gasteiger partial charge on any atom is -0.482 e. The molecule has 11 nitrogen and oxygen atoms in total. The minimum absolute atomic E-state index is 0.0541. The van der Waals surface area contributed by atoms with Gasteiger partial charge in [-0.15, -0.1) is 11.3 Å². The second-order valence-electron chi connectivity index (χ2n) is 9.67. The van der Waals surface area contributed by atoms with Crippen molar-refractivity contribution in [3.8, 4) is 28.1 Å². The number of methoxy groups -OCH3 is 2. The Balaban J connectivity index is 1.22. The van der Waals surface area contributed by atoms with Crippen LogP contribution in [0.3, 0.4) is 0 Å². The van der Waals surface area contributed by atoms with Gasteiger partial charge >= 0.3 is 6.09 Å². The van der Waals surface area contributed by atoms with Crippen LogP contribution in [-0.4, -0.2) is 65.5 Å². The number of amides is 1. The van der Waals surface area contributed by atoms with Gasteiger partial charge in [-0.3, -0.25) is 5.32 Å². The van der Waals surface area contributed by atoms with Crippen molar-refractivity contribution in [1.29, 1.82) is 0 Å². The number of anilines is 1. The number of aryl methyl sites for hydroxylation is 1. The molecule has 4 heterocycles. The molecule has 0 aliphatic carbocycles. The van der Waals surface area contributed by atoms with Gasteiger partial charge in [-0.1, -0.05) is 0 Å². The Kier molecular flexibility index (Phi) is 7.68. The van der Waals surface area contributed by atoms with E-state index in [-0.39, 0.29) is 5.75 Å². The number of aromatic nitrogens is 4. The maximum Gasteiger partial charge on any atom is 0.412 e. The fourth-order valence-electron chi connectivity index (χ4n) is 4.73. The second kappa shape index (κ2) is 11.7. The Bertz CT molecular complexity index is 1770. The number of thiazole rings is 1. The number of nitrogens with zero attached hydrogens (tertiary/aromatic N) is 4. The summed E-state index contributed by atoms with van der Waals surface area (Å²) in [6.07, 6.45) is 1.66. The van der Waals surface area contributed by atoms with Crippen molar-refractivity contribution < 1.29 is 28.1 Å². The zero-order valence-electron chi connectivity index (χ0n) is 23.0. The molecule has 1 amide bonds. The van der Waals surface area contributed by atoms with Gasteiger partial charge in [-0.2, -0.15) is 0 Å². The lowest BCUT2D eigenvalue weighted by molar-refractivity contribution is 0.00330. The van der Waals surface area contributed by atoms with Gasteiger partial charge in [0.2, 0.25) is 11.8 Å². The van der Waals surface area contributed by atoms with Gasteiger partial charge in [0.15, 0.2) is 11.6 Å². The standard InChI is InChI=1S/C29H27FN6O5S/c1-15-8-17(27-20(9-15)35-26(39-3)14-33-27)28-36-19-10-18(30)22(11-24(19)42-28)40-23-13-31-7-6-21(23)41-29(37)34-16-4-5-25(38-2)32-12-16/h4-5,8-12,14,21,23,31H,6-7,13H2,1-3H3,(H,34,37)/t21-,23+/m0/s1. The van der Waals surface area contributed by atoms with Crippen molar-refractivity contribution in [1.82, 2.24) is 25.3 Å². The molecule has 3 aromatic heterocycles. The molecule has 0 spiro atoms. The second-order valence-corrected chi connectivity index (χ2v) is 10.7.